The van der Waals surface area contributed by atoms with Crippen LogP contribution in [0.25, 0.3) is 0 Å². The molecule has 0 aliphatic carbocycles. The van der Waals surface area contributed by atoms with Gasteiger partial charge in [-0.3, -0.25) is 14.9 Å². The summed E-state index contributed by atoms with van der Waals surface area (Å²) >= 11 is 0. The number of hydrogen-bond acceptors (Lipinski definition) is 6. The lowest BCUT2D eigenvalue weighted by molar-refractivity contribution is -0.121. The molecule has 8 heteroatoms. The summed E-state index contributed by atoms with van der Waals surface area (Å²) in [6, 6.07) is 0. The average Bonchev–Trinajstić information content (AvgIpc) is 3.12. The van der Waals surface area contributed by atoms with Crippen LogP contribution in [0.5, 0.6) is 0 Å². The number of carbonyl (C=O) groups excluding carboxylic acids is 1. The molecule has 1 fully saturated rings. The van der Waals surface area contributed by atoms with Crippen LogP contribution in [0.15, 0.2) is 18.6 Å². The Balaban J connectivity index is 1.54. The van der Waals surface area contributed by atoms with Crippen molar-refractivity contribution in [3.8, 4) is 0 Å². The third-order valence-corrected chi connectivity index (χ3v) is 4.44. The van der Waals surface area contributed by atoms with Gasteiger partial charge in [0.1, 0.15) is 11.4 Å². The predicted octanol–water partition coefficient (Wildman–Crippen LogP) is 0.117. The van der Waals surface area contributed by atoms with Gasteiger partial charge in [0.15, 0.2) is 0 Å². The highest BCUT2D eigenvalue weighted by Gasteiger charge is 2.37. The molecule has 0 bridgehead atoms. The van der Waals surface area contributed by atoms with E-state index in [1.54, 1.807) is 18.6 Å². The van der Waals surface area contributed by atoms with E-state index >= 15 is 0 Å². The Bertz CT molecular complexity index is 697. The highest BCUT2D eigenvalue weighted by atomic mass is 16.3. The highest BCUT2D eigenvalue weighted by Crippen LogP contribution is 2.24. The van der Waals surface area contributed by atoms with Crippen molar-refractivity contribution >= 4 is 11.7 Å². The lowest BCUT2D eigenvalue weighted by atomic mass is 10.0. The van der Waals surface area contributed by atoms with Crippen LogP contribution in [-0.2, 0) is 11.2 Å². The van der Waals surface area contributed by atoms with E-state index in [2.05, 4.69) is 25.5 Å². The largest absolute Gasteiger partial charge is 0.386 e. The topological polar surface area (TPSA) is 107 Å². The van der Waals surface area contributed by atoms with E-state index in [1.165, 1.54) is 0 Å². The third-order valence-electron chi connectivity index (χ3n) is 4.44. The number of β-amino-alcohol motifs (C(OH)–C–C–N with tert-alkyl or cyclic N) is 1. The highest BCUT2D eigenvalue weighted by molar-refractivity contribution is 5.79. The number of amides is 1. The molecule has 1 aliphatic heterocycles. The van der Waals surface area contributed by atoms with Gasteiger partial charge in [0, 0.05) is 43.3 Å². The van der Waals surface area contributed by atoms with Crippen LogP contribution in [0.2, 0.25) is 0 Å². The second-order valence-electron chi connectivity index (χ2n) is 6.33. The molecule has 1 amide bonds. The first-order chi connectivity index (χ1) is 11.5. The van der Waals surface area contributed by atoms with Gasteiger partial charge >= 0.3 is 0 Å². The molecule has 1 saturated heterocycles. The molecular formula is C16H22N6O2. The number of aromatic amines is 1. The van der Waals surface area contributed by atoms with Gasteiger partial charge in [0.05, 0.1) is 18.3 Å². The van der Waals surface area contributed by atoms with Gasteiger partial charge in [-0.05, 0) is 20.3 Å². The van der Waals surface area contributed by atoms with Crippen molar-refractivity contribution < 1.29 is 9.90 Å². The molecule has 3 heterocycles. The standard InChI is InChI=1S/C16H22N6O2/c1-11-13(12(2)21-20-11)7-15(23)19-9-16(24)3-6-22(10-16)14-8-17-4-5-18-14/h4-5,8,24H,3,6-7,9-10H2,1-2H3,(H,19,23)(H,20,21)/t16-/m1/s1. The molecule has 0 aromatic carbocycles. The van der Waals surface area contributed by atoms with Gasteiger partial charge in [-0.2, -0.15) is 5.10 Å². The van der Waals surface area contributed by atoms with Crippen molar-refractivity contribution in [3.05, 3.63) is 35.5 Å². The number of H-pyrrole nitrogens is 1. The van der Waals surface area contributed by atoms with Crippen LogP contribution in [0, 0.1) is 13.8 Å². The zero-order chi connectivity index (χ0) is 17.2. The maximum atomic E-state index is 12.2. The molecule has 0 unspecified atom stereocenters. The van der Waals surface area contributed by atoms with Crippen molar-refractivity contribution in [1.82, 2.24) is 25.5 Å². The molecule has 0 radical (unpaired) electrons. The molecule has 128 valence electrons. The van der Waals surface area contributed by atoms with Crippen molar-refractivity contribution in [3.63, 3.8) is 0 Å². The molecule has 0 spiro atoms. The third kappa shape index (κ3) is 3.53. The van der Waals surface area contributed by atoms with Crippen LogP contribution in [0.4, 0.5) is 5.82 Å². The lowest BCUT2D eigenvalue weighted by Gasteiger charge is -2.24. The summed E-state index contributed by atoms with van der Waals surface area (Å²) in [6.45, 7) is 5.10. The Labute approximate surface area is 140 Å². The molecule has 8 nitrogen and oxygen atoms in total. The number of carbonyl (C=O) groups is 1. The van der Waals surface area contributed by atoms with Crippen LogP contribution < -0.4 is 10.2 Å². The van der Waals surface area contributed by atoms with Crippen molar-refractivity contribution in [2.45, 2.75) is 32.3 Å². The molecule has 1 atom stereocenters. The van der Waals surface area contributed by atoms with E-state index in [4.69, 9.17) is 0 Å². The molecule has 24 heavy (non-hydrogen) atoms. The van der Waals surface area contributed by atoms with Crippen LogP contribution in [-0.4, -0.2) is 56.4 Å². The minimum absolute atomic E-state index is 0.117. The minimum Gasteiger partial charge on any atom is -0.386 e. The van der Waals surface area contributed by atoms with E-state index in [-0.39, 0.29) is 18.9 Å². The Kier molecular flexibility index (Phi) is 4.48. The van der Waals surface area contributed by atoms with Gasteiger partial charge in [0.25, 0.3) is 0 Å². The molecule has 3 rings (SSSR count). The zero-order valence-electron chi connectivity index (χ0n) is 13.9. The predicted molar refractivity (Wildman–Crippen MR) is 88.6 cm³/mol. The van der Waals surface area contributed by atoms with Gasteiger partial charge in [-0.1, -0.05) is 0 Å². The Morgan fingerprint density at radius 2 is 2.29 bits per heavy atom. The number of aromatic nitrogens is 4. The molecular weight excluding hydrogens is 308 g/mol. The normalized spacial score (nSPS) is 20.4. The van der Waals surface area contributed by atoms with E-state index in [0.717, 1.165) is 22.8 Å². The quantitative estimate of drug-likeness (QED) is 0.719. The van der Waals surface area contributed by atoms with E-state index < -0.39 is 5.60 Å². The fraction of sp³-hybridized carbons (Fsp3) is 0.500. The summed E-state index contributed by atoms with van der Waals surface area (Å²) in [5.74, 6) is 0.623. The van der Waals surface area contributed by atoms with Gasteiger partial charge in [0.2, 0.25) is 5.91 Å². The van der Waals surface area contributed by atoms with Crippen molar-refractivity contribution in [2.24, 2.45) is 0 Å². The van der Waals surface area contributed by atoms with E-state index in [1.807, 2.05) is 18.7 Å². The number of rotatable bonds is 5. The maximum Gasteiger partial charge on any atom is 0.224 e. The lowest BCUT2D eigenvalue weighted by Crippen LogP contribution is -2.45. The molecule has 0 saturated carbocycles. The summed E-state index contributed by atoms with van der Waals surface area (Å²) in [4.78, 5) is 22.4. The van der Waals surface area contributed by atoms with Gasteiger partial charge < -0.3 is 15.3 Å². The summed E-state index contributed by atoms with van der Waals surface area (Å²) < 4.78 is 0. The molecule has 1 aliphatic rings. The number of aryl methyl sites for hydroxylation is 2. The second-order valence-corrected chi connectivity index (χ2v) is 6.33. The minimum atomic E-state index is -0.951. The first-order valence-electron chi connectivity index (χ1n) is 7.97. The summed E-state index contributed by atoms with van der Waals surface area (Å²) in [5, 5.41) is 20.5. The average molecular weight is 330 g/mol. The van der Waals surface area contributed by atoms with Crippen LogP contribution in [0.3, 0.4) is 0 Å². The zero-order valence-corrected chi connectivity index (χ0v) is 13.9. The van der Waals surface area contributed by atoms with E-state index in [0.29, 0.717) is 19.5 Å². The summed E-state index contributed by atoms with van der Waals surface area (Å²) in [5.41, 5.74) is 1.69. The smallest absolute Gasteiger partial charge is 0.224 e. The Hall–Kier alpha value is -2.48. The first kappa shape index (κ1) is 16.4. The van der Waals surface area contributed by atoms with Crippen molar-refractivity contribution in [1.29, 1.82) is 0 Å². The number of nitrogens with zero attached hydrogens (tertiary/aromatic N) is 4. The SMILES string of the molecule is Cc1n[nH]c(C)c1CC(=O)NC[C@]1(O)CCN(c2cnccn2)C1. The molecule has 2 aromatic rings. The molecule has 3 N–H and O–H groups in total. The van der Waals surface area contributed by atoms with Gasteiger partial charge in [-0.25, -0.2) is 4.98 Å². The summed E-state index contributed by atoms with van der Waals surface area (Å²) in [7, 11) is 0. The monoisotopic (exact) mass is 330 g/mol. The second kappa shape index (κ2) is 6.56. The number of hydrogen-bond donors (Lipinski definition) is 3. The number of nitrogens with one attached hydrogen (secondary N) is 2. The first-order valence-corrected chi connectivity index (χ1v) is 7.97. The Morgan fingerprint density at radius 1 is 1.46 bits per heavy atom. The van der Waals surface area contributed by atoms with E-state index in [9.17, 15) is 9.90 Å². The maximum absolute atomic E-state index is 12.2. The molecule has 2 aromatic heterocycles. The summed E-state index contributed by atoms with van der Waals surface area (Å²) in [6.07, 6.45) is 5.76. The van der Waals surface area contributed by atoms with Crippen molar-refractivity contribution in [2.75, 3.05) is 24.5 Å². The number of aliphatic hydroxyl groups is 1. The fourth-order valence-electron chi connectivity index (χ4n) is 2.97. The van der Waals surface area contributed by atoms with Gasteiger partial charge in [-0.15, -0.1) is 0 Å². The Morgan fingerprint density at radius 3 is 2.96 bits per heavy atom. The number of anilines is 1. The van der Waals surface area contributed by atoms with Crippen LogP contribution >= 0.6 is 0 Å². The fourth-order valence-corrected chi connectivity index (χ4v) is 2.97. The van der Waals surface area contributed by atoms with Crippen LogP contribution in [0.1, 0.15) is 23.4 Å².